The van der Waals surface area contributed by atoms with Crippen LogP contribution < -0.4 is 10.2 Å². The summed E-state index contributed by atoms with van der Waals surface area (Å²) >= 11 is 0. The van der Waals surface area contributed by atoms with Crippen molar-refractivity contribution in [2.24, 2.45) is 0 Å². The average molecular weight is 375 g/mol. The van der Waals surface area contributed by atoms with Crippen molar-refractivity contribution in [3.63, 3.8) is 0 Å². The van der Waals surface area contributed by atoms with Crippen molar-refractivity contribution in [3.05, 3.63) is 35.5 Å². The van der Waals surface area contributed by atoms with Crippen LogP contribution in [0.25, 0.3) is 0 Å². The maximum absolute atomic E-state index is 12.1. The lowest BCUT2D eigenvalue weighted by Gasteiger charge is -2.35. The summed E-state index contributed by atoms with van der Waals surface area (Å²) in [6.45, 7) is 6.50. The lowest BCUT2D eigenvalue weighted by Crippen LogP contribution is -2.44. The highest BCUT2D eigenvalue weighted by Crippen LogP contribution is 2.29. The molecule has 1 aromatic carbocycles. The number of likely N-dealkylation sites (N-methyl/N-ethyl adjacent to an activating group) is 1. The van der Waals surface area contributed by atoms with E-state index in [1.165, 1.54) is 20.0 Å². The molecule has 146 valence electrons. The maximum atomic E-state index is 12.1. The Morgan fingerprint density at radius 3 is 2.37 bits per heavy atom. The topological polar surface area (TPSA) is 91.3 Å². The molecule has 3 rings (SSSR count). The summed E-state index contributed by atoms with van der Waals surface area (Å²) in [5, 5.41) is 12.5. The summed E-state index contributed by atoms with van der Waals surface area (Å²) in [5.74, 6) is -2.74. The van der Waals surface area contributed by atoms with E-state index in [1.54, 1.807) is 6.07 Å². The monoisotopic (exact) mass is 375 g/mol. The molecule has 0 spiro atoms. The Labute approximate surface area is 158 Å². The lowest BCUT2D eigenvalue weighted by atomic mass is 10.1. The van der Waals surface area contributed by atoms with Gasteiger partial charge in [0, 0.05) is 46.2 Å². The number of anilines is 2. The quantitative estimate of drug-likeness (QED) is 0.459. The first kappa shape index (κ1) is 19.2. The number of rotatable bonds is 4. The number of nitrogens with one attached hydrogen (secondary N) is 1. The molecule has 0 radical (unpaired) electrons. The van der Waals surface area contributed by atoms with Gasteiger partial charge in [-0.2, -0.15) is 0 Å². The third-order valence-electron chi connectivity index (χ3n) is 4.58. The highest BCUT2D eigenvalue weighted by molar-refractivity contribution is 6.15. The van der Waals surface area contributed by atoms with Gasteiger partial charge in [0.25, 0.3) is 5.79 Å². The van der Waals surface area contributed by atoms with Crippen molar-refractivity contribution in [1.29, 1.82) is 0 Å². The minimum Gasteiger partial charge on any atom is -0.419 e. The summed E-state index contributed by atoms with van der Waals surface area (Å²) in [6.07, 6.45) is 1.30. The number of carbonyl (C=O) groups excluding carboxylic acids is 2. The van der Waals surface area contributed by atoms with E-state index in [1.807, 2.05) is 12.1 Å². The Kier molecular flexibility index (Phi) is 5.38. The standard InChI is InChI=1S/C19H25N3O5/c1-19(2)26-17(24)14(18(25)27-19)11-20-15-10-13(12-23)4-5-16(15)22-8-6-21(3)7-9-22/h4-5,10-11,20,23H,6-9,12H2,1-3H3. The fraction of sp³-hybridized carbons (Fsp3) is 0.474. The van der Waals surface area contributed by atoms with Gasteiger partial charge in [0.2, 0.25) is 0 Å². The van der Waals surface area contributed by atoms with Crippen LogP contribution in [0.15, 0.2) is 30.0 Å². The molecule has 27 heavy (non-hydrogen) atoms. The van der Waals surface area contributed by atoms with Gasteiger partial charge in [0.15, 0.2) is 5.57 Å². The number of piperazine rings is 1. The SMILES string of the molecule is CN1CCN(c2ccc(CO)cc2NC=C2C(=O)OC(C)(C)OC2=O)CC1. The molecule has 0 bridgehead atoms. The van der Waals surface area contributed by atoms with Crippen molar-refractivity contribution in [2.75, 3.05) is 43.4 Å². The fourth-order valence-corrected chi connectivity index (χ4v) is 3.05. The zero-order valence-electron chi connectivity index (χ0n) is 15.8. The molecule has 8 heteroatoms. The van der Waals surface area contributed by atoms with E-state index in [9.17, 15) is 14.7 Å². The molecule has 0 amide bonds. The van der Waals surface area contributed by atoms with Crippen LogP contribution in [0.4, 0.5) is 11.4 Å². The highest BCUT2D eigenvalue weighted by atomic mass is 16.7. The summed E-state index contributed by atoms with van der Waals surface area (Å²) in [7, 11) is 2.08. The summed E-state index contributed by atoms with van der Waals surface area (Å²) in [4.78, 5) is 28.7. The summed E-state index contributed by atoms with van der Waals surface area (Å²) < 4.78 is 10.2. The number of aliphatic hydroxyl groups is 1. The van der Waals surface area contributed by atoms with Crippen molar-refractivity contribution >= 4 is 23.3 Å². The van der Waals surface area contributed by atoms with E-state index < -0.39 is 17.7 Å². The van der Waals surface area contributed by atoms with E-state index in [-0.39, 0.29) is 12.2 Å². The lowest BCUT2D eigenvalue weighted by molar-refractivity contribution is -0.222. The second-order valence-corrected chi connectivity index (χ2v) is 7.18. The molecule has 0 unspecified atom stereocenters. The summed E-state index contributed by atoms with van der Waals surface area (Å²) in [6, 6.07) is 5.59. The molecule has 2 aliphatic heterocycles. The van der Waals surface area contributed by atoms with Gasteiger partial charge in [-0.1, -0.05) is 6.07 Å². The molecular formula is C19H25N3O5. The first-order valence-corrected chi connectivity index (χ1v) is 8.90. The minimum absolute atomic E-state index is 0.105. The normalized spacial score (nSPS) is 20.1. The summed E-state index contributed by atoms with van der Waals surface area (Å²) in [5.41, 5.74) is 2.16. The number of benzene rings is 1. The molecule has 2 N–H and O–H groups in total. The van der Waals surface area contributed by atoms with Gasteiger partial charge in [-0.15, -0.1) is 0 Å². The number of nitrogens with zero attached hydrogens (tertiary/aromatic N) is 2. The Balaban J connectivity index is 1.85. The van der Waals surface area contributed by atoms with Crippen LogP contribution in [0.2, 0.25) is 0 Å². The molecule has 2 heterocycles. The van der Waals surface area contributed by atoms with Crippen molar-refractivity contribution in [3.8, 4) is 0 Å². The van der Waals surface area contributed by atoms with Crippen LogP contribution in [-0.2, 0) is 25.7 Å². The van der Waals surface area contributed by atoms with E-state index in [4.69, 9.17) is 9.47 Å². The van der Waals surface area contributed by atoms with Gasteiger partial charge < -0.3 is 29.7 Å². The van der Waals surface area contributed by atoms with E-state index in [0.717, 1.165) is 37.4 Å². The van der Waals surface area contributed by atoms with Crippen LogP contribution in [0, 0.1) is 0 Å². The molecule has 1 aromatic rings. The highest BCUT2D eigenvalue weighted by Gasteiger charge is 2.39. The minimum atomic E-state index is -1.27. The number of ether oxygens (including phenoxy) is 2. The Morgan fingerprint density at radius 1 is 1.15 bits per heavy atom. The number of cyclic esters (lactones) is 2. The number of carbonyl (C=O) groups is 2. The van der Waals surface area contributed by atoms with Gasteiger partial charge >= 0.3 is 11.9 Å². The molecule has 0 aromatic heterocycles. The predicted molar refractivity (Wildman–Crippen MR) is 100 cm³/mol. The van der Waals surface area contributed by atoms with E-state index >= 15 is 0 Å². The molecular weight excluding hydrogens is 350 g/mol. The van der Waals surface area contributed by atoms with E-state index in [0.29, 0.717) is 5.69 Å². The third-order valence-corrected chi connectivity index (χ3v) is 4.58. The number of hydrogen-bond donors (Lipinski definition) is 2. The molecule has 2 saturated heterocycles. The molecule has 8 nitrogen and oxygen atoms in total. The van der Waals surface area contributed by atoms with Gasteiger partial charge in [0.05, 0.1) is 18.0 Å². The average Bonchev–Trinajstić information content (AvgIpc) is 2.60. The van der Waals surface area contributed by atoms with Gasteiger partial charge in [-0.3, -0.25) is 0 Å². The molecule has 0 atom stereocenters. The van der Waals surface area contributed by atoms with Crippen LogP contribution in [-0.4, -0.2) is 61.0 Å². The van der Waals surface area contributed by atoms with Gasteiger partial charge in [-0.25, -0.2) is 9.59 Å². The van der Waals surface area contributed by atoms with Crippen molar-refractivity contribution in [2.45, 2.75) is 26.2 Å². The first-order valence-electron chi connectivity index (χ1n) is 8.90. The second-order valence-electron chi connectivity index (χ2n) is 7.18. The van der Waals surface area contributed by atoms with Crippen LogP contribution >= 0.6 is 0 Å². The van der Waals surface area contributed by atoms with Crippen molar-refractivity contribution < 1.29 is 24.2 Å². The maximum Gasteiger partial charge on any atom is 0.350 e. The Bertz CT molecular complexity index is 745. The largest absolute Gasteiger partial charge is 0.419 e. The number of esters is 2. The van der Waals surface area contributed by atoms with Crippen molar-refractivity contribution in [1.82, 2.24) is 4.90 Å². The van der Waals surface area contributed by atoms with Gasteiger partial charge in [-0.05, 0) is 24.7 Å². The van der Waals surface area contributed by atoms with Crippen LogP contribution in [0.1, 0.15) is 19.4 Å². The smallest absolute Gasteiger partial charge is 0.350 e. The Morgan fingerprint density at radius 2 is 1.78 bits per heavy atom. The molecule has 2 fully saturated rings. The number of aliphatic hydroxyl groups excluding tert-OH is 1. The fourth-order valence-electron chi connectivity index (χ4n) is 3.05. The van der Waals surface area contributed by atoms with Crippen LogP contribution in [0.3, 0.4) is 0 Å². The Hall–Kier alpha value is -2.58. The van der Waals surface area contributed by atoms with Crippen LogP contribution in [0.5, 0.6) is 0 Å². The molecule has 2 aliphatic rings. The molecule has 0 saturated carbocycles. The zero-order valence-corrected chi connectivity index (χ0v) is 15.8. The predicted octanol–water partition coefficient (Wildman–Crippen LogP) is 1.06. The van der Waals surface area contributed by atoms with Gasteiger partial charge in [0.1, 0.15) is 0 Å². The van der Waals surface area contributed by atoms with E-state index in [2.05, 4.69) is 22.2 Å². The third kappa shape index (κ3) is 4.40. The first-order chi connectivity index (χ1) is 12.8. The second kappa shape index (κ2) is 7.58. The zero-order chi connectivity index (χ0) is 19.6. The molecule has 0 aliphatic carbocycles. The number of hydrogen-bond acceptors (Lipinski definition) is 8.